The predicted octanol–water partition coefficient (Wildman–Crippen LogP) is 1.06. The number of fused-ring (bicyclic) bond motifs is 1. The Morgan fingerprint density at radius 3 is 2.94 bits per heavy atom. The van der Waals surface area contributed by atoms with Gasteiger partial charge in [0.2, 0.25) is 5.91 Å². The molecular weight excluding hydrogens is 262 g/mol. The van der Waals surface area contributed by atoms with Crippen molar-refractivity contribution in [1.82, 2.24) is 4.90 Å². The molecule has 2 aliphatic rings. The Labute approximate surface area is 105 Å². The van der Waals surface area contributed by atoms with E-state index in [2.05, 4.69) is 0 Å². The minimum Gasteiger partial charge on any atom is -0.387 e. The molecular formula is C10H13NO4S2. The van der Waals surface area contributed by atoms with E-state index in [-0.39, 0.29) is 17.0 Å². The fourth-order valence-electron chi connectivity index (χ4n) is 1.77. The van der Waals surface area contributed by atoms with Gasteiger partial charge in [-0.3, -0.25) is 9.69 Å². The minimum atomic E-state index is -3.50. The maximum absolute atomic E-state index is 11.4. The van der Waals surface area contributed by atoms with Gasteiger partial charge in [0.1, 0.15) is 5.76 Å². The summed E-state index contributed by atoms with van der Waals surface area (Å²) < 4.78 is 26.6. The molecule has 1 atom stereocenters. The zero-order chi connectivity index (χ0) is 12.6. The molecule has 17 heavy (non-hydrogen) atoms. The summed E-state index contributed by atoms with van der Waals surface area (Å²) in [6.07, 6.45) is 5.03. The van der Waals surface area contributed by atoms with Gasteiger partial charge < -0.3 is 4.18 Å². The summed E-state index contributed by atoms with van der Waals surface area (Å²) in [6.45, 7) is 1.56. The molecule has 0 bridgehead atoms. The maximum atomic E-state index is 11.4. The van der Waals surface area contributed by atoms with Crippen LogP contribution in [0.4, 0.5) is 0 Å². The number of hydrogen-bond acceptors (Lipinski definition) is 5. The molecule has 94 valence electrons. The standard InChI is InChI=1S/C10H13NO4S2/c1-7(15-17(2,13)14)5-8-3-4-16-10-6-9(12)11(8)10/h3,5,10H,4,6H2,1-2H3/b7-5+. The van der Waals surface area contributed by atoms with Crippen molar-refractivity contribution in [2.24, 2.45) is 0 Å². The largest absolute Gasteiger partial charge is 0.387 e. The van der Waals surface area contributed by atoms with Crippen molar-refractivity contribution in [3.63, 3.8) is 0 Å². The molecule has 0 radical (unpaired) electrons. The quantitative estimate of drug-likeness (QED) is 0.438. The Morgan fingerprint density at radius 2 is 2.35 bits per heavy atom. The van der Waals surface area contributed by atoms with Crippen LogP contribution in [-0.2, 0) is 19.1 Å². The minimum absolute atomic E-state index is 0.0665. The fourth-order valence-corrected chi connectivity index (χ4v) is 3.44. The highest BCUT2D eigenvalue weighted by atomic mass is 32.2. The van der Waals surface area contributed by atoms with Crippen LogP contribution in [0.3, 0.4) is 0 Å². The van der Waals surface area contributed by atoms with Crippen molar-refractivity contribution in [2.45, 2.75) is 18.7 Å². The molecule has 0 aromatic heterocycles. The second-order valence-electron chi connectivity index (χ2n) is 3.93. The summed E-state index contributed by atoms with van der Waals surface area (Å²) in [6, 6.07) is 0. The lowest BCUT2D eigenvalue weighted by Crippen LogP contribution is -2.51. The van der Waals surface area contributed by atoms with Gasteiger partial charge in [-0.25, -0.2) is 0 Å². The second kappa shape index (κ2) is 4.38. The van der Waals surface area contributed by atoms with Gasteiger partial charge in [0.25, 0.3) is 0 Å². The summed E-state index contributed by atoms with van der Waals surface area (Å²) >= 11 is 1.70. The first-order valence-electron chi connectivity index (χ1n) is 5.08. The van der Waals surface area contributed by atoms with Crippen LogP contribution in [0, 0.1) is 0 Å². The van der Waals surface area contributed by atoms with Crippen molar-refractivity contribution in [2.75, 3.05) is 12.0 Å². The summed E-state index contributed by atoms with van der Waals surface area (Å²) in [5.74, 6) is 1.16. The Hall–Kier alpha value is -0.950. The second-order valence-corrected chi connectivity index (χ2v) is 6.71. The molecule has 0 N–H and O–H groups in total. The van der Waals surface area contributed by atoms with E-state index >= 15 is 0 Å². The van der Waals surface area contributed by atoms with Crippen molar-refractivity contribution in [3.8, 4) is 0 Å². The van der Waals surface area contributed by atoms with E-state index in [0.29, 0.717) is 6.42 Å². The van der Waals surface area contributed by atoms with Crippen molar-refractivity contribution in [3.05, 3.63) is 23.6 Å². The van der Waals surface area contributed by atoms with Gasteiger partial charge in [-0.05, 0) is 6.92 Å². The number of nitrogens with zero attached hydrogens (tertiary/aromatic N) is 1. The van der Waals surface area contributed by atoms with E-state index in [1.54, 1.807) is 29.7 Å². The van der Waals surface area contributed by atoms with Crippen LogP contribution in [0.5, 0.6) is 0 Å². The molecule has 1 amide bonds. The number of allylic oxidation sites excluding steroid dienone is 2. The molecule has 5 nitrogen and oxygen atoms in total. The van der Waals surface area contributed by atoms with Gasteiger partial charge in [0, 0.05) is 17.5 Å². The molecule has 2 heterocycles. The van der Waals surface area contributed by atoms with E-state index in [9.17, 15) is 13.2 Å². The highest BCUT2D eigenvalue weighted by Crippen LogP contribution is 2.37. The molecule has 0 aromatic carbocycles. The van der Waals surface area contributed by atoms with Gasteiger partial charge in [-0.1, -0.05) is 6.08 Å². The third-order valence-electron chi connectivity index (χ3n) is 2.40. The van der Waals surface area contributed by atoms with E-state index in [4.69, 9.17) is 4.18 Å². The molecule has 2 aliphatic heterocycles. The van der Waals surface area contributed by atoms with Crippen LogP contribution in [0.1, 0.15) is 13.3 Å². The van der Waals surface area contributed by atoms with Crippen LogP contribution in [-0.4, -0.2) is 36.6 Å². The molecule has 1 fully saturated rings. The van der Waals surface area contributed by atoms with Crippen molar-refractivity contribution in [1.29, 1.82) is 0 Å². The number of rotatable bonds is 3. The predicted molar refractivity (Wildman–Crippen MR) is 65.5 cm³/mol. The average molecular weight is 275 g/mol. The van der Waals surface area contributed by atoms with Gasteiger partial charge in [-0.2, -0.15) is 8.42 Å². The van der Waals surface area contributed by atoms with Crippen molar-refractivity contribution < 1.29 is 17.4 Å². The molecule has 0 spiro atoms. The van der Waals surface area contributed by atoms with Gasteiger partial charge in [0.15, 0.2) is 0 Å². The van der Waals surface area contributed by atoms with E-state index < -0.39 is 10.1 Å². The number of carbonyl (C=O) groups excluding carboxylic acids is 1. The van der Waals surface area contributed by atoms with E-state index in [1.165, 1.54) is 0 Å². The number of carbonyl (C=O) groups is 1. The molecule has 2 rings (SSSR count). The SMILES string of the molecule is C/C(=C\C1=CCSC2CC(=O)N12)OS(C)(=O)=O. The Kier molecular flexibility index (Phi) is 3.22. The van der Waals surface area contributed by atoms with E-state index in [0.717, 1.165) is 17.7 Å². The molecule has 1 saturated heterocycles. The summed E-state index contributed by atoms with van der Waals surface area (Å²) in [5.41, 5.74) is 0.728. The first-order chi connectivity index (χ1) is 7.87. The number of hydrogen-bond donors (Lipinski definition) is 0. The third-order valence-corrected chi connectivity index (χ3v) is 4.09. The number of β-lactam (4-membered cyclic amide) rings is 1. The average Bonchev–Trinajstić information content (AvgIpc) is 2.12. The van der Waals surface area contributed by atoms with Crippen molar-refractivity contribution >= 4 is 27.8 Å². The lowest BCUT2D eigenvalue weighted by atomic mass is 10.1. The van der Waals surface area contributed by atoms with E-state index in [1.807, 2.05) is 6.08 Å². The lowest BCUT2D eigenvalue weighted by Gasteiger charge is -2.42. The summed E-state index contributed by atoms with van der Waals surface area (Å²) in [5, 5.41) is 0.199. The van der Waals surface area contributed by atoms with Crippen LogP contribution in [0.25, 0.3) is 0 Å². The number of amides is 1. The highest BCUT2D eigenvalue weighted by Gasteiger charge is 2.39. The summed E-state index contributed by atoms with van der Waals surface area (Å²) in [7, 11) is -3.50. The first-order valence-corrected chi connectivity index (χ1v) is 7.95. The Morgan fingerprint density at radius 1 is 1.65 bits per heavy atom. The zero-order valence-corrected chi connectivity index (χ0v) is 11.2. The molecule has 0 aromatic rings. The van der Waals surface area contributed by atoms with Crippen LogP contribution in [0.15, 0.2) is 23.6 Å². The topological polar surface area (TPSA) is 63.7 Å². The number of thioether (sulfide) groups is 1. The van der Waals surface area contributed by atoms with Gasteiger partial charge >= 0.3 is 10.1 Å². The van der Waals surface area contributed by atoms with Crippen LogP contribution >= 0.6 is 11.8 Å². The molecule has 0 aliphatic carbocycles. The molecule has 0 saturated carbocycles. The normalized spacial score (nSPS) is 24.9. The molecule has 7 heteroatoms. The monoisotopic (exact) mass is 275 g/mol. The Bertz CT molecular complexity index is 506. The van der Waals surface area contributed by atoms with Crippen LogP contribution in [0.2, 0.25) is 0 Å². The Balaban J connectivity index is 2.15. The summed E-state index contributed by atoms with van der Waals surface area (Å²) in [4.78, 5) is 13.1. The maximum Gasteiger partial charge on any atom is 0.305 e. The third kappa shape index (κ3) is 2.84. The molecule has 1 unspecified atom stereocenters. The first kappa shape index (κ1) is 12.5. The lowest BCUT2D eigenvalue weighted by molar-refractivity contribution is -0.138. The van der Waals surface area contributed by atoms with Gasteiger partial charge in [0.05, 0.1) is 18.1 Å². The van der Waals surface area contributed by atoms with Crippen LogP contribution < -0.4 is 0 Å². The van der Waals surface area contributed by atoms with Gasteiger partial charge in [-0.15, -0.1) is 11.8 Å². The highest BCUT2D eigenvalue weighted by molar-refractivity contribution is 8.00. The smallest absolute Gasteiger partial charge is 0.305 e. The fraction of sp³-hybridized carbons (Fsp3) is 0.500. The zero-order valence-electron chi connectivity index (χ0n) is 9.54.